The number of hydrogen-bond donors (Lipinski definition) is 1. The maximum absolute atomic E-state index is 5.79. The van der Waals surface area contributed by atoms with Crippen LogP contribution in [0, 0.1) is 0 Å². The molecule has 1 heterocycles. The molecule has 5 heteroatoms. The first-order valence-electron chi connectivity index (χ1n) is 9.35. The summed E-state index contributed by atoms with van der Waals surface area (Å²) in [4.78, 5) is 2.65. The molecule has 1 saturated heterocycles. The Bertz CT molecular complexity index is 660. The van der Waals surface area contributed by atoms with Crippen LogP contribution in [0.3, 0.4) is 0 Å². The van der Waals surface area contributed by atoms with Gasteiger partial charge in [0, 0.05) is 37.8 Å². The third kappa shape index (κ3) is 5.26. The molecular formula is C21H32Cl2N2O. The molecule has 2 aromatic carbocycles. The number of hydrogen-bond acceptors (Lipinski definition) is 3. The average Bonchev–Trinajstić information content (AvgIpc) is 2.65. The fourth-order valence-electron chi connectivity index (χ4n) is 3.89. The van der Waals surface area contributed by atoms with Gasteiger partial charge in [-0.1, -0.05) is 56.5 Å². The minimum absolute atomic E-state index is 0. The zero-order valence-corrected chi connectivity index (χ0v) is 17.5. The van der Waals surface area contributed by atoms with Crippen LogP contribution in [0.15, 0.2) is 36.4 Å². The van der Waals surface area contributed by atoms with E-state index in [1.54, 1.807) is 7.11 Å². The number of nitrogens with one attached hydrogen (secondary N) is 1. The lowest BCUT2D eigenvalue weighted by atomic mass is 9.92. The van der Waals surface area contributed by atoms with Crippen molar-refractivity contribution in [3.8, 4) is 5.75 Å². The smallest absolute Gasteiger partial charge is 0.124 e. The van der Waals surface area contributed by atoms with Crippen molar-refractivity contribution >= 4 is 35.6 Å². The lowest BCUT2D eigenvalue weighted by Crippen LogP contribution is -2.45. The van der Waals surface area contributed by atoms with Gasteiger partial charge >= 0.3 is 0 Å². The molecule has 1 aliphatic rings. The summed E-state index contributed by atoms with van der Waals surface area (Å²) in [7, 11) is 1.80. The summed E-state index contributed by atoms with van der Waals surface area (Å²) in [6.45, 7) is 6.67. The molecule has 1 fully saturated rings. The van der Waals surface area contributed by atoms with Crippen molar-refractivity contribution in [1.82, 2.24) is 10.2 Å². The standard InChI is InChI=1S/C21H30N2O.2ClH/c1-3-4-5-10-19(23-15-13-22-14-16-23)21-18-9-7-6-8-17(18)11-12-20(21)24-2;;/h6-9,11-12,19,22H,3-5,10,13-16H2,1-2H3;2*1H/t19-;;/m1../s1. The van der Waals surface area contributed by atoms with Crippen LogP contribution in [0.2, 0.25) is 0 Å². The van der Waals surface area contributed by atoms with Crippen molar-refractivity contribution in [2.75, 3.05) is 33.3 Å². The highest BCUT2D eigenvalue weighted by Gasteiger charge is 2.26. The Morgan fingerprint density at radius 2 is 1.77 bits per heavy atom. The predicted octanol–water partition coefficient (Wildman–Crippen LogP) is 5.22. The van der Waals surface area contributed by atoms with E-state index in [9.17, 15) is 0 Å². The molecule has 3 nitrogen and oxygen atoms in total. The number of rotatable bonds is 7. The summed E-state index contributed by atoms with van der Waals surface area (Å²) in [5.41, 5.74) is 1.38. The Morgan fingerprint density at radius 3 is 2.46 bits per heavy atom. The molecule has 1 aliphatic heterocycles. The average molecular weight is 399 g/mol. The van der Waals surface area contributed by atoms with Crippen molar-refractivity contribution in [1.29, 1.82) is 0 Å². The van der Waals surface area contributed by atoms with E-state index in [4.69, 9.17) is 4.74 Å². The number of fused-ring (bicyclic) bond motifs is 1. The molecular weight excluding hydrogens is 367 g/mol. The summed E-state index contributed by atoms with van der Waals surface area (Å²) in [5, 5.41) is 6.13. The van der Waals surface area contributed by atoms with Crippen LogP contribution in [0.25, 0.3) is 10.8 Å². The Hall–Kier alpha value is -1.00. The van der Waals surface area contributed by atoms with Gasteiger partial charge in [-0.15, -0.1) is 24.8 Å². The molecule has 1 N–H and O–H groups in total. The Labute approximate surface area is 170 Å². The van der Waals surface area contributed by atoms with Crippen molar-refractivity contribution in [3.05, 3.63) is 42.0 Å². The number of piperazine rings is 1. The van der Waals surface area contributed by atoms with Gasteiger partial charge in [0.2, 0.25) is 0 Å². The van der Waals surface area contributed by atoms with Gasteiger partial charge in [-0.3, -0.25) is 4.90 Å². The van der Waals surface area contributed by atoms with E-state index in [-0.39, 0.29) is 24.8 Å². The van der Waals surface area contributed by atoms with Crippen LogP contribution < -0.4 is 10.1 Å². The molecule has 0 aromatic heterocycles. The molecule has 0 spiro atoms. The molecule has 2 aromatic rings. The monoisotopic (exact) mass is 398 g/mol. The van der Waals surface area contributed by atoms with E-state index >= 15 is 0 Å². The van der Waals surface area contributed by atoms with Crippen molar-refractivity contribution < 1.29 is 4.74 Å². The van der Waals surface area contributed by atoms with Crippen molar-refractivity contribution in [2.24, 2.45) is 0 Å². The second kappa shape index (κ2) is 11.7. The van der Waals surface area contributed by atoms with Crippen molar-refractivity contribution in [2.45, 2.75) is 38.6 Å². The first-order chi connectivity index (χ1) is 11.8. The summed E-state index contributed by atoms with van der Waals surface area (Å²) < 4.78 is 5.79. The maximum atomic E-state index is 5.79. The Morgan fingerprint density at radius 1 is 1.04 bits per heavy atom. The van der Waals surface area contributed by atoms with Crippen LogP contribution in [0.5, 0.6) is 5.75 Å². The molecule has 0 aliphatic carbocycles. The predicted molar refractivity (Wildman–Crippen MR) is 116 cm³/mol. The zero-order chi connectivity index (χ0) is 16.8. The molecule has 0 radical (unpaired) electrons. The van der Waals surface area contributed by atoms with Gasteiger partial charge in [0.25, 0.3) is 0 Å². The minimum atomic E-state index is 0. The van der Waals surface area contributed by atoms with E-state index in [0.29, 0.717) is 6.04 Å². The summed E-state index contributed by atoms with van der Waals surface area (Å²) in [6, 6.07) is 13.5. The van der Waals surface area contributed by atoms with Crippen molar-refractivity contribution in [3.63, 3.8) is 0 Å². The highest BCUT2D eigenvalue weighted by Crippen LogP contribution is 2.38. The lowest BCUT2D eigenvalue weighted by molar-refractivity contribution is 0.161. The summed E-state index contributed by atoms with van der Waals surface area (Å²) >= 11 is 0. The van der Waals surface area contributed by atoms with E-state index < -0.39 is 0 Å². The summed E-state index contributed by atoms with van der Waals surface area (Å²) in [6.07, 6.45) is 5.05. The number of ether oxygens (including phenoxy) is 1. The molecule has 1 atom stereocenters. The van der Waals surface area contributed by atoms with Crippen LogP contribution in [-0.2, 0) is 0 Å². The van der Waals surface area contributed by atoms with Gasteiger partial charge in [0.15, 0.2) is 0 Å². The second-order valence-corrected chi connectivity index (χ2v) is 6.70. The van der Waals surface area contributed by atoms with Crippen LogP contribution in [0.1, 0.15) is 44.2 Å². The van der Waals surface area contributed by atoms with E-state index in [1.807, 2.05) is 0 Å². The molecule has 0 saturated carbocycles. The minimum Gasteiger partial charge on any atom is -0.496 e. The lowest BCUT2D eigenvalue weighted by Gasteiger charge is -2.36. The number of unbranched alkanes of at least 4 members (excludes halogenated alkanes) is 2. The number of benzene rings is 2. The van der Waals surface area contributed by atoms with Gasteiger partial charge in [0.1, 0.15) is 5.75 Å². The number of halogens is 2. The van der Waals surface area contributed by atoms with Gasteiger partial charge in [-0.25, -0.2) is 0 Å². The van der Waals surface area contributed by atoms with Gasteiger partial charge in [0.05, 0.1) is 7.11 Å². The van der Waals surface area contributed by atoms with Gasteiger partial charge in [-0.05, 0) is 23.3 Å². The highest BCUT2D eigenvalue weighted by molar-refractivity contribution is 5.88. The third-order valence-corrected chi connectivity index (χ3v) is 5.16. The van der Waals surface area contributed by atoms with Gasteiger partial charge in [-0.2, -0.15) is 0 Å². The molecule has 3 rings (SSSR count). The Kier molecular flexibility index (Phi) is 10.3. The normalized spacial score (nSPS) is 15.8. The van der Waals surface area contributed by atoms with E-state index in [1.165, 1.54) is 42.0 Å². The fourth-order valence-corrected chi connectivity index (χ4v) is 3.89. The molecule has 0 bridgehead atoms. The number of nitrogens with zero attached hydrogens (tertiary/aromatic N) is 1. The topological polar surface area (TPSA) is 24.5 Å². The van der Waals surface area contributed by atoms with Crippen LogP contribution in [-0.4, -0.2) is 38.2 Å². The fraction of sp³-hybridized carbons (Fsp3) is 0.524. The van der Waals surface area contributed by atoms with E-state index in [2.05, 4.69) is 53.5 Å². The first-order valence-corrected chi connectivity index (χ1v) is 9.35. The third-order valence-electron chi connectivity index (χ3n) is 5.16. The second-order valence-electron chi connectivity index (χ2n) is 6.70. The zero-order valence-electron chi connectivity index (χ0n) is 15.9. The van der Waals surface area contributed by atoms with Gasteiger partial charge < -0.3 is 10.1 Å². The quantitative estimate of drug-likeness (QED) is 0.646. The Balaban J connectivity index is 0.00000169. The summed E-state index contributed by atoms with van der Waals surface area (Å²) in [5.74, 6) is 1.04. The van der Waals surface area contributed by atoms with E-state index in [0.717, 1.165) is 31.9 Å². The molecule has 0 unspecified atom stereocenters. The van der Waals surface area contributed by atoms with Crippen LogP contribution in [0.4, 0.5) is 0 Å². The maximum Gasteiger partial charge on any atom is 0.124 e. The highest BCUT2D eigenvalue weighted by atomic mass is 35.5. The molecule has 146 valence electrons. The first kappa shape index (κ1) is 23.0. The van der Waals surface area contributed by atoms with Crippen LogP contribution >= 0.6 is 24.8 Å². The largest absolute Gasteiger partial charge is 0.496 e. The SMILES string of the molecule is CCCCC[C@H](c1c(OC)ccc2ccccc12)N1CCNCC1.Cl.Cl. The molecule has 0 amide bonds. The molecule has 26 heavy (non-hydrogen) atoms. The number of methoxy groups -OCH3 is 1.